The lowest BCUT2D eigenvalue weighted by molar-refractivity contribution is -0.137. The quantitative estimate of drug-likeness (QED) is 0.220. The minimum Gasteiger partial charge on any atom is -0.497 e. The Morgan fingerprint density at radius 1 is 1.24 bits per heavy atom. The maximum atomic E-state index is 15.6. The molecule has 3 aromatic rings. The third-order valence-electron chi connectivity index (χ3n) is 7.40. The number of likely N-dealkylation sites (tertiary alicyclic amines) is 1. The largest absolute Gasteiger partial charge is 0.497 e. The highest BCUT2D eigenvalue weighted by molar-refractivity contribution is 7.99. The van der Waals surface area contributed by atoms with Gasteiger partial charge in [0.25, 0.3) is 0 Å². The average Bonchev–Trinajstić information content (AvgIpc) is 2.92. The van der Waals surface area contributed by atoms with Crippen molar-refractivity contribution in [2.75, 3.05) is 32.5 Å². The van der Waals surface area contributed by atoms with Crippen molar-refractivity contribution in [3.8, 4) is 5.75 Å². The van der Waals surface area contributed by atoms with Gasteiger partial charge in [0, 0.05) is 41.7 Å². The number of aliphatic carboxylic acids is 1. The average molecular weight is 580 g/mol. The molecular formula is C29H33Cl2FN2O3S. The molecule has 0 radical (unpaired) electrons. The van der Waals surface area contributed by atoms with Crippen LogP contribution in [-0.4, -0.2) is 53.5 Å². The number of alkyl halides is 1. The molecule has 9 heteroatoms. The predicted octanol–water partition coefficient (Wildman–Crippen LogP) is 7.94. The number of hydrogen-bond acceptors (Lipinski definition) is 5. The van der Waals surface area contributed by atoms with E-state index in [-0.39, 0.29) is 12.3 Å². The van der Waals surface area contributed by atoms with E-state index >= 15 is 4.39 Å². The van der Waals surface area contributed by atoms with Crippen LogP contribution in [0, 0.1) is 11.8 Å². The van der Waals surface area contributed by atoms with Crippen LogP contribution < -0.4 is 4.74 Å². The minimum absolute atomic E-state index is 0.135. The Morgan fingerprint density at radius 3 is 2.87 bits per heavy atom. The van der Waals surface area contributed by atoms with E-state index in [1.165, 1.54) is 0 Å². The summed E-state index contributed by atoms with van der Waals surface area (Å²) in [4.78, 5) is 19.1. The number of aromatic nitrogens is 1. The van der Waals surface area contributed by atoms with E-state index in [4.69, 9.17) is 27.9 Å². The first-order valence-corrected chi connectivity index (χ1v) is 14.7. The third kappa shape index (κ3) is 7.53. The van der Waals surface area contributed by atoms with Gasteiger partial charge in [0.2, 0.25) is 0 Å². The number of rotatable bonds is 12. The Balaban J connectivity index is 1.36. The number of pyridine rings is 1. The van der Waals surface area contributed by atoms with E-state index in [0.717, 1.165) is 54.0 Å². The summed E-state index contributed by atoms with van der Waals surface area (Å²) < 4.78 is 20.9. The van der Waals surface area contributed by atoms with Gasteiger partial charge in [0.05, 0.1) is 22.7 Å². The summed E-state index contributed by atoms with van der Waals surface area (Å²) in [6.07, 6.45) is 3.33. The van der Waals surface area contributed by atoms with Crippen LogP contribution in [0.15, 0.2) is 53.6 Å². The second kappa shape index (κ2) is 13.8. The van der Waals surface area contributed by atoms with E-state index in [9.17, 15) is 9.90 Å². The second-order valence-electron chi connectivity index (χ2n) is 9.77. The number of fused-ring (bicyclic) bond motifs is 1. The maximum absolute atomic E-state index is 15.6. The van der Waals surface area contributed by atoms with Crippen molar-refractivity contribution in [3.05, 3.63) is 64.3 Å². The third-order valence-corrected chi connectivity index (χ3v) is 9.37. The first kappa shape index (κ1) is 28.9. The molecule has 0 spiro atoms. The van der Waals surface area contributed by atoms with Crippen LogP contribution in [-0.2, 0) is 4.79 Å². The van der Waals surface area contributed by atoms with Crippen molar-refractivity contribution in [1.82, 2.24) is 9.88 Å². The number of nitrogens with zero attached hydrogens (tertiary/aromatic N) is 2. The number of carboxylic acid groups (broad SMARTS) is 1. The van der Waals surface area contributed by atoms with Gasteiger partial charge in [-0.3, -0.25) is 9.78 Å². The molecule has 1 aromatic heterocycles. The molecule has 3 atom stereocenters. The Morgan fingerprint density at radius 2 is 2.08 bits per heavy atom. The molecule has 1 unspecified atom stereocenters. The van der Waals surface area contributed by atoms with Crippen molar-refractivity contribution in [2.24, 2.45) is 11.8 Å². The van der Waals surface area contributed by atoms with Gasteiger partial charge >= 0.3 is 5.97 Å². The molecule has 5 nitrogen and oxygen atoms in total. The van der Waals surface area contributed by atoms with E-state index in [1.807, 2.05) is 30.3 Å². The molecule has 1 aliphatic heterocycles. The molecule has 204 valence electrons. The number of halogens is 3. The number of carbonyl (C=O) groups is 1. The minimum atomic E-state index is -1.12. The molecule has 0 aliphatic carbocycles. The molecule has 2 aromatic carbocycles. The van der Waals surface area contributed by atoms with Crippen LogP contribution >= 0.6 is 35.0 Å². The summed E-state index contributed by atoms with van der Waals surface area (Å²) in [6, 6.07) is 12.9. The summed E-state index contributed by atoms with van der Waals surface area (Å²) in [5.74, 6) is 1.27. The van der Waals surface area contributed by atoms with E-state index in [0.29, 0.717) is 40.1 Å². The van der Waals surface area contributed by atoms with Crippen LogP contribution in [0.1, 0.15) is 43.8 Å². The fraction of sp³-hybridized carbons (Fsp3) is 0.448. The lowest BCUT2D eigenvalue weighted by Gasteiger charge is -2.39. The summed E-state index contributed by atoms with van der Waals surface area (Å²) in [6.45, 7) is 2.62. The zero-order valence-corrected chi connectivity index (χ0v) is 23.7. The number of methoxy groups -OCH3 is 1. The predicted molar refractivity (Wildman–Crippen MR) is 153 cm³/mol. The van der Waals surface area contributed by atoms with Gasteiger partial charge in [-0.05, 0) is 86.0 Å². The van der Waals surface area contributed by atoms with Gasteiger partial charge in [0.15, 0.2) is 0 Å². The van der Waals surface area contributed by atoms with Crippen LogP contribution in [0.4, 0.5) is 4.39 Å². The topological polar surface area (TPSA) is 62.7 Å². The summed E-state index contributed by atoms with van der Waals surface area (Å²) >= 11 is 14.1. The first-order chi connectivity index (χ1) is 18.4. The Hall–Kier alpha value is -2.06. The van der Waals surface area contributed by atoms with Gasteiger partial charge in [-0.2, -0.15) is 0 Å². The van der Waals surface area contributed by atoms with Crippen LogP contribution in [0.5, 0.6) is 5.75 Å². The number of carboxylic acids is 1. The number of hydrogen-bond donors (Lipinski definition) is 1. The fourth-order valence-electron chi connectivity index (χ4n) is 5.32. The molecule has 1 saturated heterocycles. The lowest BCUT2D eigenvalue weighted by atomic mass is 9.79. The zero-order chi connectivity index (χ0) is 27.1. The lowest BCUT2D eigenvalue weighted by Crippen LogP contribution is -2.41. The molecule has 1 aliphatic rings. The highest BCUT2D eigenvalue weighted by Crippen LogP contribution is 2.37. The van der Waals surface area contributed by atoms with Crippen molar-refractivity contribution < 1.29 is 19.0 Å². The van der Waals surface area contributed by atoms with Gasteiger partial charge in [-0.15, -0.1) is 11.8 Å². The normalized spacial score (nSPS) is 18.9. The SMILES string of the molecule is COc1ccc2nccc(C(F)CC[C@@H]3CCN(CCSc4cccc(Cl)c4Cl)C[C@@H]3CCC(=O)O)c2c1. The van der Waals surface area contributed by atoms with E-state index < -0.39 is 12.1 Å². The summed E-state index contributed by atoms with van der Waals surface area (Å²) in [5.41, 5.74) is 1.38. The Bertz CT molecular complexity index is 1250. The molecule has 38 heavy (non-hydrogen) atoms. The number of piperidine rings is 1. The molecule has 4 rings (SSSR count). The van der Waals surface area contributed by atoms with Crippen LogP contribution in [0.2, 0.25) is 10.0 Å². The van der Waals surface area contributed by atoms with E-state index in [1.54, 1.807) is 37.2 Å². The molecule has 1 N–H and O–H groups in total. The van der Waals surface area contributed by atoms with Crippen molar-refractivity contribution in [2.45, 2.75) is 43.2 Å². The monoisotopic (exact) mass is 578 g/mol. The maximum Gasteiger partial charge on any atom is 0.303 e. The summed E-state index contributed by atoms with van der Waals surface area (Å²) in [7, 11) is 1.60. The first-order valence-electron chi connectivity index (χ1n) is 12.9. The smallest absolute Gasteiger partial charge is 0.303 e. The van der Waals surface area contributed by atoms with E-state index in [2.05, 4.69) is 9.88 Å². The molecule has 2 heterocycles. The molecular weight excluding hydrogens is 546 g/mol. The van der Waals surface area contributed by atoms with Gasteiger partial charge < -0.3 is 14.7 Å². The standard InChI is InChI=1S/C29H33Cl2FN2O3S/c1-37-21-7-9-26-23(17-21)22(11-13-33-26)25(32)8-5-19-12-14-34(18-20(19)6-10-28(35)36)15-16-38-27-4-2-3-24(30)29(27)31/h2-4,7,9,11,13,17,19-20,25H,5-6,8,10,12,14-16,18H2,1H3,(H,35,36)/t19-,20+,25?/m1/s1. The molecule has 0 saturated carbocycles. The van der Waals surface area contributed by atoms with Crippen molar-refractivity contribution in [3.63, 3.8) is 0 Å². The highest BCUT2D eigenvalue weighted by atomic mass is 35.5. The zero-order valence-electron chi connectivity index (χ0n) is 21.4. The van der Waals surface area contributed by atoms with Gasteiger partial charge in [0.1, 0.15) is 11.9 Å². The highest BCUT2D eigenvalue weighted by Gasteiger charge is 2.30. The van der Waals surface area contributed by atoms with Gasteiger partial charge in [-0.1, -0.05) is 29.3 Å². The number of thioether (sulfide) groups is 1. The molecule has 0 bridgehead atoms. The second-order valence-corrected chi connectivity index (χ2v) is 11.7. The van der Waals surface area contributed by atoms with Crippen LogP contribution in [0.3, 0.4) is 0 Å². The van der Waals surface area contributed by atoms with Gasteiger partial charge in [-0.25, -0.2) is 4.39 Å². The Labute approximate surface area is 237 Å². The summed E-state index contributed by atoms with van der Waals surface area (Å²) in [5, 5.41) is 11.2. The van der Waals surface area contributed by atoms with Crippen LogP contribution in [0.25, 0.3) is 10.9 Å². The Kier molecular flexibility index (Phi) is 10.5. The number of ether oxygens (including phenoxy) is 1. The number of benzene rings is 2. The molecule has 1 fully saturated rings. The van der Waals surface area contributed by atoms with Crippen molar-refractivity contribution >= 4 is 51.8 Å². The molecule has 0 amide bonds. The fourth-order valence-corrected chi connectivity index (χ4v) is 6.82. The van der Waals surface area contributed by atoms with Crippen molar-refractivity contribution in [1.29, 1.82) is 0 Å².